The second-order valence-electron chi connectivity index (χ2n) is 9.58. The van der Waals surface area contributed by atoms with Gasteiger partial charge >= 0.3 is 7.60 Å². The minimum absolute atomic E-state index is 0.0338. The molecule has 39 heavy (non-hydrogen) atoms. The third-order valence-electron chi connectivity index (χ3n) is 6.12. The molecule has 0 aromatic heterocycles. The highest BCUT2D eigenvalue weighted by atomic mass is 31.2. The van der Waals surface area contributed by atoms with Crippen molar-refractivity contribution >= 4 is 19.4 Å². The summed E-state index contributed by atoms with van der Waals surface area (Å²) in [6, 6.07) is 11.6. The van der Waals surface area contributed by atoms with Gasteiger partial charge in [0, 0.05) is 12.6 Å². The number of hydrogen-bond acceptors (Lipinski definition) is 9. The molecule has 4 N–H and O–H groups in total. The summed E-state index contributed by atoms with van der Waals surface area (Å²) in [4.78, 5) is 27.9. The van der Waals surface area contributed by atoms with Crippen molar-refractivity contribution in [2.45, 2.75) is 58.4 Å². The quantitative estimate of drug-likeness (QED) is 0.272. The number of aromatic hydroxyl groups is 1. The monoisotopic (exact) mass is 563 g/mol. The molecule has 0 heterocycles. The Bertz CT molecular complexity index is 1120. The summed E-state index contributed by atoms with van der Waals surface area (Å²) in [5.41, 5.74) is 7.29. The van der Waals surface area contributed by atoms with Gasteiger partial charge in [0.25, 0.3) is 0 Å². The lowest BCUT2D eigenvalue weighted by atomic mass is 10.0. The number of likely N-dealkylation sites (N-methyl/N-ethyl adjacent to an activating group) is 1. The zero-order valence-corrected chi connectivity index (χ0v) is 24.5. The Balaban J connectivity index is 2.36. The first-order valence-electron chi connectivity index (χ1n) is 13.1. The molecule has 0 bridgehead atoms. The molecule has 2 rings (SSSR count). The molecule has 3 atom stereocenters. The summed E-state index contributed by atoms with van der Waals surface area (Å²) in [5, 5.41) is 13.7. The summed E-state index contributed by atoms with van der Waals surface area (Å²) in [7, 11) is -0.953. The van der Waals surface area contributed by atoms with Crippen molar-refractivity contribution in [1.82, 2.24) is 10.2 Å². The van der Waals surface area contributed by atoms with Gasteiger partial charge in [-0.2, -0.15) is 0 Å². The molecule has 0 saturated heterocycles. The highest BCUT2D eigenvalue weighted by Gasteiger charge is 2.42. The van der Waals surface area contributed by atoms with E-state index in [-0.39, 0.29) is 36.9 Å². The molecule has 216 valence electrons. The summed E-state index contributed by atoms with van der Waals surface area (Å²) < 4.78 is 30.3. The number of benzene rings is 2. The molecule has 0 spiro atoms. The maximum absolute atomic E-state index is 13.9. The second kappa shape index (κ2) is 15.1. The van der Waals surface area contributed by atoms with Crippen molar-refractivity contribution in [3.05, 3.63) is 59.7 Å². The van der Waals surface area contributed by atoms with Crippen LogP contribution in [0.15, 0.2) is 48.5 Å². The minimum atomic E-state index is -3.90. The van der Waals surface area contributed by atoms with Gasteiger partial charge in [-0.15, -0.1) is 0 Å². The Morgan fingerprint density at radius 3 is 2.13 bits per heavy atom. The van der Waals surface area contributed by atoms with Gasteiger partial charge < -0.3 is 24.6 Å². The van der Waals surface area contributed by atoms with Gasteiger partial charge in [0.2, 0.25) is 11.8 Å². The average Bonchev–Trinajstić information content (AvgIpc) is 2.90. The molecule has 0 saturated carbocycles. The largest absolute Gasteiger partial charge is 0.508 e. The van der Waals surface area contributed by atoms with E-state index in [2.05, 4.69) is 5.32 Å². The van der Waals surface area contributed by atoms with Gasteiger partial charge in [-0.05, 0) is 56.4 Å². The van der Waals surface area contributed by atoms with Gasteiger partial charge in [-0.25, -0.2) is 0 Å². The van der Waals surface area contributed by atoms with E-state index in [1.807, 2.05) is 26.0 Å². The van der Waals surface area contributed by atoms with E-state index in [4.69, 9.17) is 19.5 Å². The van der Waals surface area contributed by atoms with Crippen LogP contribution in [0.3, 0.4) is 0 Å². The molecule has 0 aliphatic carbocycles. The van der Waals surface area contributed by atoms with Crippen molar-refractivity contribution in [2.24, 2.45) is 11.7 Å². The SMILES string of the molecule is CCOP(=O)(OCC)C(N[C@@H](CC(C)C)C(=O)N(C)C(=O)[C@@H](N)Cc1ccc(OC)cc1)c1ccccc1O. The second-order valence-corrected chi connectivity index (χ2v) is 11.7. The zero-order valence-electron chi connectivity index (χ0n) is 23.6. The Hall–Kier alpha value is -2.75. The lowest BCUT2D eigenvalue weighted by molar-refractivity contribution is -0.145. The third kappa shape index (κ3) is 8.88. The van der Waals surface area contributed by atoms with Crippen molar-refractivity contribution < 1.29 is 33.0 Å². The predicted molar refractivity (Wildman–Crippen MR) is 151 cm³/mol. The van der Waals surface area contributed by atoms with Crippen LogP contribution in [0, 0.1) is 5.92 Å². The molecule has 0 radical (unpaired) electrons. The number of carbonyl (C=O) groups is 2. The fraction of sp³-hybridized carbons (Fsp3) is 0.500. The first kappa shape index (κ1) is 32.5. The molecule has 1 unspecified atom stereocenters. The number of phenols is 1. The van der Waals surface area contributed by atoms with Crippen LogP contribution >= 0.6 is 7.60 Å². The van der Waals surface area contributed by atoms with Crippen molar-refractivity contribution in [1.29, 1.82) is 0 Å². The van der Waals surface area contributed by atoms with Gasteiger partial charge in [0.15, 0.2) is 0 Å². The highest BCUT2D eigenvalue weighted by Crippen LogP contribution is 2.61. The van der Waals surface area contributed by atoms with Crippen LogP contribution < -0.4 is 15.8 Å². The molecular formula is C28H42N3O7P. The predicted octanol–water partition coefficient (Wildman–Crippen LogP) is 4.22. The summed E-state index contributed by atoms with van der Waals surface area (Å²) in [5.74, 6) is -1.67. The molecule has 0 aliphatic heterocycles. The number of ether oxygens (including phenoxy) is 1. The molecular weight excluding hydrogens is 521 g/mol. The van der Waals surface area contributed by atoms with Crippen LogP contribution in [0.1, 0.15) is 51.0 Å². The van der Waals surface area contributed by atoms with E-state index in [1.165, 1.54) is 13.1 Å². The van der Waals surface area contributed by atoms with E-state index in [0.717, 1.165) is 10.5 Å². The number of amides is 2. The lowest BCUT2D eigenvalue weighted by Gasteiger charge is -2.33. The Kier molecular flexibility index (Phi) is 12.6. The molecule has 2 aromatic rings. The normalized spacial score (nSPS) is 14.1. The van der Waals surface area contributed by atoms with Crippen LogP contribution in [-0.2, 0) is 29.6 Å². The Morgan fingerprint density at radius 2 is 1.62 bits per heavy atom. The maximum atomic E-state index is 13.9. The molecule has 11 heteroatoms. The fourth-order valence-electron chi connectivity index (χ4n) is 4.21. The smallest absolute Gasteiger partial charge is 0.352 e. The van der Waals surface area contributed by atoms with E-state index in [1.54, 1.807) is 51.3 Å². The third-order valence-corrected chi connectivity index (χ3v) is 8.42. The Morgan fingerprint density at radius 1 is 1.03 bits per heavy atom. The van der Waals surface area contributed by atoms with E-state index < -0.39 is 37.3 Å². The summed E-state index contributed by atoms with van der Waals surface area (Å²) in [6.45, 7) is 7.40. The lowest BCUT2D eigenvalue weighted by Crippen LogP contribution is -2.53. The zero-order chi connectivity index (χ0) is 29.2. The van der Waals surface area contributed by atoms with Crippen LogP contribution in [0.25, 0.3) is 0 Å². The van der Waals surface area contributed by atoms with Gasteiger partial charge in [0.1, 0.15) is 17.3 Å². The molecule has 0 aliphatic rings. The highest BCUT2D eigenvalue weighted by molar-refractivity contribution is 7.54. The topological polar surface area (TPSA) is 140 Å². The van der Waals surface area contributed by atoms with E-state index >= 15 is 0 Å². The first-order valence-corrected chi connectivity index (χ1v) is 14.7. The molecule has 2 amide bonds. The number of rotatable bonds is 15. The van der Waals surface area contributed by atoms with Crippen molar-refractivity contribution in [3.63, 3.8) is 0 Å². The van der Waals surface area contributed by atoms with Crippen molar-refractivity contribution in [2.75, 3.05) is 27.4 Å². The summed E-state index contributed by atoms with van der Waals surface area (Å²) >= 11 is 0. The number of nitrogens with one attached hydrogen (secondary N) is 1. The maximum Gasteiger partial charge on any atom is 0.352 e. The van der Waals surface area contributed by atoms with E-state index in [9.17, 15) is 19.3 Å². The number of imide groups is 1. The van der Waals surface area contributed by atoms with Gasteiger partial charge in [-0.3, -0.25) is 24.4 Å². The standard InChI is InChI=1S/C28H42N3O7P/c1-7-37-39(35,38-8-2)26(22-11-9-10-12-25(22)32)30-24(17-19(3)4)28(34)31(5)27(33)23(29)18-20-13-15-21(36-6)16-14-20/h9-16,19,23-24,26,30,32H,7-8,17-18,29H2,1-6H3/t23-,24-,26?/m0/s1. The number of para-hydroxylation sites is 1. The number of carbonyl (C=O) groups excluding carboxylic acids is 2. The molecule has 0 fully saturated rings. The van der Waals surface area contributed by atoms with E-state index in [0.29, 0.717) is 12.2 Å². The van der Waals surface area contributed by atoms with Crippen LogP contribution in [-0.4, -0.2) is 61.3 Å². The number of hydrogen-bond donors (Lipinski definition) is 3. The van der Waals surface area contributed by atoms with Gasteiger partial charge in [-0.1, -0.05) is 44.2 Å². The molecule has 10 nitrogen and oxygen atoms in total. The fourth-order valence-corrected chi connectivity index (χ4v) is 6.23. The van der Waals surface area contributed by atoms with Crippen LogP contribution in [0.2, 0.25) is 0 Å². The average molecular weight is 564 g/mol. The van der Waals surface area contributed by atoms with Crippen LogP contribution in [0.4, 0.5) is 0 Å². The number of phenolic OH excluding ortho intramolecular Hbond substituents is 1. The minimum Gasteiger partial charge on any atom is -0.508 e. The van der Waals surface area contributed by atoms with Gasteiger partial charge in [0.05, 0.1) is 32.4 Å². The number of methoxy groups -OCH3 is 1. The van der Waals surface area contributed by atoms with Crippen LogP contribution in [0.5, 0.6) is 11.5 Å². The molecule has 2 aromatic carbocycles. The van der Waals surface area contributed by atoms with Crippen molar-refractivity contribution in [3.8, 4) is 11.5 Å². The first-order chi connectivity index (χ1) is 18.5. The summed E-state index contributed by atoms with van der Waals surface area (Å²) in [6.07, 6.45) is 0.541. The Labute approximate surface area is 231 Å². The number of nitrogens with zero attached hydrogens (tertiary/aromatic N) is 1. The number of nitrogens with two attached hydrogens (primary N) is 1.